The van der Waals surface area contributed by atoms with Crippen LogP contribution in [0.25, 0.3) is 0 Å². The molecule has 0 N–H and O–H groups in total. The Kier molecular flexibility index (Phi) is 7.74. The molecule has 4 rings (SSSR count). The maximum Gasteiger partial charge on any atom is 0.264 e. The van der Waals surface area contributed by atoms with E-state index in [9.17, 15) is 19.2 Å². The lowest BCUT2D eigenvalue weighted by Gasteiger charge is -2.40. The first kappa shape index (κ1) is 29.0. The highest BCUT2D eigenvalue weighted by Crippen LogP contribution is 2.50. The highest BCUT2D eigenvalue weighted by atomic mass is 35.5. The summed E-state index contributed by atoms with van der Waals surface area (Å²) >= 11 is 50.6. The van der Waals surface area contributed by atoms with Crippen LogP contribution >= 0.6 is 92.8 Å². The standard InChI is InChI=1S/C22H12Cl8N2O5/c23-19(24,21(27,28)31-15(33)11-5-1-2-6-12(11)16(31)34)9-37-10-20(25,26)22(29,30)32-17(35)13-7-3-4-8-14(13)18(32)36/h1-8H,9-10H2. The van der Waals surface area contributed by atoms with Crippen molar-refractivity contribution in [3.8, 4) is 0 Å². The average molecular weight is 668 g/mol. The zero-order chi connectivity index (χ0) is 27.6. The minimum atomic E-state index is -2.52. The van der Waals surface area contributed by atoms with Gasteiger partial charge in [-0.1, -0.05) is 117 Å². The lowest BCUT2D eigenvalue weighted by atomic mass is 10.1. The van der Waals surface area contributed by atoms with Crippen LogP contribution in [0.5, 0.6) is 0 Å². The minimum absolute atomic E-state index is 0.0544. The van der Waals surface area contributed by atoms with Crippen molar-refractivity contribution in [2.45, 2.75) is 17.6 Å². The first-order valence-corrected chi connectivity index (χ1v) is 13.1. The molecule has 4 amide bonds. The summed E-state index contributed by atoms with van der Waals surface area (Å²) in [6, 6.07) is 11.8. The molecule has 0 radical (unpaired) electrons. The number of nitrogens with zero attached hydrogens (tertiary/aromatic N) is 2. The van der Waals surface area contributed by atoms with Crippen LogP contribution in [0.1, 0.15) is 41.4 Å². The lowest BCUT2D eigenvalue weighted by molar-refractivity contribution is 0.0492. The fourth-order valence-corrected chi connectivity index (χ4v) is 5.18. The number of ether oxygens (including phenoxy) is 1. The molecule has 2 aromatic carbocycles. The molecule has 7 nitrogen and oxygen atoms in total. The average Bonchev–Trinajstić information content (AvgIpc) is 3.24. The molecule has 0 bridgehead atoms. The molecule has 15 heteroatoms. The second-order valence-corrected chi connectivity index (χ2v) is 13.5. The third-order valence-corrected chi connectivity index (χ3v) is 9.87. The Morgan fingerprint density at radius 1 is 0.514 bits per heavy atom. The largest absolute Gasteiger partial charge is 0.375 e. The molecule has 0 saturated heterocycles. The Balaban J connectivity index is 1.48. The van der Waals surface area contributed by atoms with E-state index >= 15 is 0 Å². The van der Waals surface area contributed by atoms with Gasteiger partial charge in [0.05, 0.1) is 35.5 Å². The van der Waals surface area contributed by atoms with Crippen LogP contribution in [0.4, 0.5) is 0 Å². The van der Waals surface area contributed by atoms with Gasteiger partial charge in [-0.25, -0.2) is 9.80 Å². The molecule has 196 valence electrons. The molecule has 0 unspecified atom stereocenters. The van der Waals surface area contributed by atoms with Crippen molar-refractivity contribution in [3.63, 3.8) is 0 Å². The molecule has 0 spiro atoms. The molecule has 2 heterocycles. The van der Waals surface area contributed by atoms with Crippen molar-refractivity contribution in [2.75, 3.05) is 13.2 Å². The van der Waals surface area contributed by atoms with Gasteiger partial charge in [-0.3, -0.25) is 19.2 Å². The van der Waals surface area contributed by atoms with Crippen LogP contribution in [0.3, 0.4) is 0 Å². The summed E-state index contributed by atoms with van der Waals surface area (Å²) in [4.78, 5) is 52.2. The zero-order valence-corrected chi connectivity index (χ0v) is 24.0. The predicted octanol–water partition coefficient (Wildman–Crippen LogP) is 6.21. The van der Waals surface area contributed by atoms with Crippen LogP contribution in [-0.4, -0.2) is 64.2 Å². The summed E-state index contributed by atoms with van der Waals surface area (Å²) in [5.74, 6) is -3.31. The molecule has 0 aromatic heterocycles. The molecule has 0 fully saturated rings. The Labute approximate surface area is 250 Å². The first-order valence-electron chi connectivity index (χ1n) is 10.1. The number of amides is 4. The molecule has 2 aliphatic rings. The normalized spacial score (nSPS) is 16.5. The Morgan fingerprint density at radius 3 is 1.00 bits per heavy atom. The summed E-state index contributed by atoms with van der Waals surface area (Å²) in [7, 11) is 0. The molecule has 0 saturated carbocycles. The molecular formula is C22H12Cl8N2O5. The third kappa shape index (κ3) is 4.60. The van der Waals surface area contributed by atoms with Gasteiger partial charge in [0.2, 0.25) is 8.91 Å². The van der Waals surface area contributed by atoms with Crippen LogP contribution in [-0.2, 0) is 4.74 Å². The van der Waals surface area contributed by atoms with Gasteiger partial charge < -0.3 is 4.74 Å². The highest BCUT2D eigenvalue weighted by molar-refractivity contribution is 6.64. The fourth-order valence-electron chi connectivity index (χ4n) is 3.70. The lowest BCUT2D eigenvalue weighted by Crippen LogP contribution is -2.57. The summed E-state index contributed by atoms with van der Waals surface area (Å²) in [6.07, 6.45) is 0. The van der Waals surface area contributed by atoms with Gasteiger partial charge in [0.15, 0.2) is 8.67 Å². The van der Waals surface area contributed by atoms with E-state index in [0.29, 0.717) is 9.80 Å². The Bertz CT molecular complexity index is 1160. The number of benzene rings is 2. The van der Waals surface area contributed by atoms with Gasteiger partial charge in [-0.15, -0.1) is 0 Å². The molecule has 0 aliphatic carbocycles. The van der Waals surface area contributed by atoms with Gasteiger partial charge in [0.25, 0.3) is 23.6 Å². The summed E-state index contributed by atoms with van der Waals surface area (Å²) < 4.78 is -4.32. The predicted molar refractivity (Wildman–Crippen MR) is 142 cm³/mol. The van der Waals surface area contributed by atoms with Gasteiger partial charge >= 0.3 is 0 Å². The van der Waals surface area contributed by atoms with Crippen LogP contribution in [0, 0.1) is 0 Å². The number of alkyl halides is 8. The third-order valence-electron chi connectivity index (χ3n) is 5.60. The van der Waals surface area contributed by atoms with Crippen molar-refractivity contribution in [3.05, 3.63) is 70.8 Å². The van der Waals surface area contributed by atoms with Gasteiger partial charge in [-0.2, -0.15) is 0 Å². The number of rotatable bonds is 8. The van der Waals surface area contributed by atoms with Crippen molar-refractivity contribution in [1.29, 1.82) is 0 Å². The Hall–Kier alpha value is -1.00. The second-order valence-electron chi connectivity index (χ2n) is 7.97. The van der Waals surface area contributed by atoms with Crippen molar-refractivity contribution >= 4 is 116 Å². The number of imide groups is 2. The van der Waals surface area contributed by atoms with E-state index in [1.54, 1.807) is 24.3 Å². The molecule has 2 aromatic rings. The van der Waals surface area contributed by atoms with E-state index in [1.807, 2.05) is 0 Å². The zero-order valence-electron chi connectivity index (χ0n) is 18.0. The molecule has 0 atom stereocenters. The topological polar surface area (TPSA) is 84.0 Å². The van der Waals surface area contributed by atoms with Gasteiger partial charge in [0.1, 0.15) is 0 Å². The second kappa shape index (κ2) is 9.88. The summed E-state index contributed by atoms with van der Waals surface area (Å²) in [6.45, 7) is -1.52. The van der Waals surface area contributed by atoms with Crippen molar-refractivity contribution in [1.82, 2.24) is 9.80 Å². The van der Waals surface area contributed by atoms with E-state index in [2.05, 4.69) is 0 Å². The van der Waals surface area contributed by atoms with Crippen LogP contribution < -0.4 is 0 Å². The van der Waals surface area contributed by atoms with Crippen molar-refractivity contribution < 1.29 is 23.9 Å². The van der Waals surface area contributed by atoms with E-state index in [0.717, 1.165) is 0 Å². The van der Waals surface area contributed by atoms with Crippen LogP contribution in [0.15, 0.2) is 48.5 Å². The molecular weight excluding hydrogens is 656 g/mol. The number of fused-ring (bicyclic) bond motifs is 2. The van der Waals surface area contributed by atoms with Gasteiger partial charge in [0, 0.05) is 0 Å². The Morgan fingerprint density at radius 2 is 0.757 bits per heavy atom. The fraction of sp³-hybridized carbons (Fsp3) is 0.273. The van der Waals surface area contributed by atoms with E-state index < -0.39 is 54.4 Å². The number of hydrogen-bond acceptors (Lipinski definition) is 5. The van der Waals surface area contributed by atoms with E-state index in [1.165, 1.54) is 24.3 Å². The maximum atomic E-state index is 12.8. The van der Waals surface area contributed by atoms with E-state index in [-0.39, 0.29) is 22.3 Å². The van der Waals surface area contributed by atoms with Gasteiger partial charge in [-0.05, 0) is 24.3 Å². The quantitative estimate of drug-likeness (QED) is 0.190. The number of carbonyl (C=O) groups excluding carboxylic acids is 4. The summed E-state index contributed by atoms with van der Waals surface area (Å²) in [5, 5.41) is 0. The SMILES string of the molecule is O=C1c2ccccc2C(=O)N1C(Cl)(Cl)C(Cl)(Cl)COCC(Cl)(Cl)C(Cl)(Cl)N1C(=O)c2ccccc2C1=O. The first-order chi connectivity index (χ1) is 17.1. The smallest absolute Gasteiger partial charge is 0.264 e. The summed E-state index contributed by atoms with van der Waals surface area (Å²) in [5.41, 5.74) is 0.218. The minimum Gasteiger partial charge on any atom is -0.375 e. The van der Waals surface area contributed by atoms with Crippen LogP contribution in [0.2, 0.25) is 0 Å². The van der Waals surface area contributed by atoms with E-state index in [4.69, 9.17) is 97.5 Å². The number of halogens is 8. The molecule has 37 heavy (non-hydrogen) atoms. The number of carbonyl (C=O) groups is 4. The number of hydrogen-bond donors (Lipinski definition) is 0. The monoisotopic (exact) mass is 664 g/mol. The maximum absolute atomic E-state index is 12.8. The highest BCUT2D eigenvalue weighted by Gasteiger charge is 2.61. The van der Waals surface area contributed by atoms with Crippen molar-refractivity contribution in [2.24, 2.45) is 0 Å². The molecule has 2 aliphatic heterocycles.